The van der Waals surface area contributed by atoms with Crippen LogP contribution in [0.3, 0.4) is 0 Å². The third kappa shape index (κ3) is 2.50. The van der Waals surface area contributed by atoms with E-state index in [4.69, 9.17) is 15.0 Å². The van der Waals surface area contributed by atoms with Crippen LogP contribution in [-0.4, -0.2) is 7.11 Å². The molecular formula is C15H20N2O2. The molecule has 0 aliphatic heterocycles. The number of hydrogen-bond acceptors (Lipinski definition) is 4. The number of hydrazine groups is 1. The van der Waals surface area contributed by atoms with Crippen LogP contribution < -0.4 is 16.0 Å². The Morgan fingerprint density at radius 3 is 2.53 bits per heavy atom. The Morgan fingerprint density at radius 1 is 1.26 bits per heavy atom. The second-order valence-corrected chi connectivity index (χ2v) is 4.73. The summed E-state index contributed by atoms with van der Waals surface area (Å²) in [6.45, 7) is 6.04. The Kier molecular flexibility index (Phi) is 3.93. The number of hydrogen-bond donors (Lipinski definition) is 2. The predicted octanol–water partition coefficient (Wildman–Crippen LogP) is 2.77. The van der Waals surface area contributed by atoms with Crippen molar-refractivity contribution in [3.05, 3.63) is 52.5 Å². The van der Waals surface area contributed by atoms with Crippen LogP contribution in [0.15, 0.2) is 28.9 Å². The summed E-state index contributed by atoms with van der Waals surface area (Å²) in [6, 6.07) is 5.92. The standard InChI is InChI=1S/C15H20N2O2/c1-9-7-10(2)14(13(8-9)18-4)15(17-16)12-5-6-19-11(12)3/h5-8,15,17H,16H2,1-4H3. The van der Waals surface area contributed by atoms with Crippen LogP contribution in [0.1, 0.15) is 34.1 Å². The maximum absolute atomic E-state index is 5.75. The van der Waals surface area contributed by atoms with Gasteiger partial charge in [-0.05, 0) is 44.0 Å². The SMILES string of the molecule is COc1cc(C)cc(C)c1C(NN)c1ccoc1C. The summed E-state index contributed by atoms with van der Waals surface area (Å²) in [5, 5.41) is 0. The summed E-state index contributed by atoms with van der Waals surface area (Å²) in [6.07, 6.45) is 1.67. The van der Waals surface area contributed by atoms with Crippen molar-refractivity contribution < 1.29 is 9.15 Å². The molecule has 0 spiro atoms. The van der Waals surface area contributed by atoms with Crippen LogP contribution in [-0.2, 0) is 0 Å². The maximum Gasteiger partial charge on any atom is 0.124 e. The quantitative estimate of drug-likeness (QED) is 0.655. The van der Waals surface area contributed by atoms with Crippen molar-refractivity contribution >= 4 is 0 Å². The van der Waals surface area contributed by atoms with E-state index in [9.17, 15) is 0 Å². The average molecular weight is 260 g/mol. The Morgan fingerprint density at radius 2 is 2.00 bits per heavy atom. The Balaban J connectivity index is 2.59. The van der Waals surface area contributed by atoms with Gasteiger partial charge in [-0.15, -0.1) is 0 Å². The van der Waals surface area contributed by atoms with Crippen LogP contribution in [0.25, 0.3) is 0 Å². The smallest absolute Gasteiger partial charge is 0.124 e. The van der Waals surface area contributed by atoms with Crippen molar-refractivity contribution in [2.75, 3.05) is 7.11 Å². The third-order valence-corrected chi connectivity index (χ3v) is 3.38. The molecule has 0 saturated heterocycles. The number of methoxy groups -OCH3 is 1. The zero-order chi connectivity index (χ0) is 14.0. The van der Waals surface area contributed by atoms with E-state index in [-0.39, 0.29) is 6.04 Å². The molecule has 1 aromatic heterocycles. The lowest BCUT2D eigenvalue weighted by Gasteiger charge is -2.21. The van der Waals surface area contributed by atoms with Gasteiger partial charge in [0.25, 0.3) is 0 Å². The predicted molar refractivity (Wildman–Crippen MR) is 75.1 cm³/mol. The van der Waals surface area contributed by atoms with Gasteiger partial charge in [0.15, 0.2) is 0 Å². The lowest BCUT2D eigenvalue weighted by molar-refractivity contribution is 0.402. The summed E-state index contributed by atoms with van der Waals surface area (Å²) in [4.78, 5) is 0. The van der Waals surface area contributed by atoms with Gasteiger partial charge in [0, 0.05) is 11.1 Å². The lowest BCUT2D eigenvalue weighted by atomic mass is 9.93. The van der Waals surface area contributed by atoms with Crippen molar-refractivity contribution in [3.8, 4) is 5.75 Å². The van der Waals surface area contributed by atoms with E-state index in [1.807, 2.05) is 26.0 Å². The number of aryl methyl sites for hydroxylation is 3. The average Bonchev–Trinajstić information content (AvgIpc) is 2.78. The van der Waals surface area contributed by atoms with Gasteiger partial charge in [-0.3, -0.25) is 5.84 Å². The summed E-state index contributed by atoms with van der Waals surface area (Å²) in [7, 11) is 1.67. The van der Waals surface area contributed by atoms with Gasteiger partial charge >= 0.3 is 0 Å². The first-order valence-corrected chi connectivity index (χ1v) is 6.23. The van der Waals surface area contributed by atoms with Crippen molar-refractivity contribution in [2.45, 2.75) is 26.8 Å². The first-order valence-electron chi connectivity index (χ1n) is 6.23. The summed E-state index contributed by atoms with van der Waals surface area (Å²) < 4.78 is 10.9. The molecule has 0 saturated carbocycles. The second-order valence-electron chi connectivity index (χ2n) is 4.73. The van der Waals surface area contributed by atoms with Gasteiger partial charge in [0.05, 0.1) is 19.4 Å². The molecule has 2 rings (SSSR count). The van der Waals surface area contributed by atoms with E-state index in [1.165, 1.54) is 0 Å². The van der Waals surface area contributed by atoms with Gasteiger partial charge in [0.2, 0.25) is 0 Å². The highest BCUT2D eigenvalue weighted by atomic mass is 16.5. The number of rotatable bonds is 4. The Hall–Kier alpha value is -1.78. The van der Waals surface area contributed by atoms with E-state index in [1.54, 1.807) is 13.4 Å². The second kappa shape index (κ2) is 5.47. The van der Waals surface area contributed by atoms with E-state index < -0.39 is 0 Å². The zero-order valence-electron chi connectivity index (χ0n) is 11.8. The molecule has 2 aromatic rings. The van der Waals surface area contributed by atoms with Crippen LogP contribution in [0.2, 0.25) is 0 Å². The fraction of sp³-hybridized carbons (Fsp3) is 0.333. The van der Waals surface area contributed by atoms with Crippen LogP contribution >= 0.6 is 0 Å². The lowest BCUT2D eigenvalue weighted by Crippen LogP contribution is -2.30. The summed E-state index contributed by atoms with van der Waals surface area (Å²) in [5.74, 6) is 7.43. The van der Waals surface area contributed by atoms with E-state index in [0.717, 1.165) is 33.8 Å². The molecule has 1 unspecified atom stereocenters. The highest BCUT2D eigenvalue weighted by Gasteiger charge is 2.22. The first-order chi connectivity index (χ1) is 9.08. The van der Waals surface area contributed by atoms with E-state index in [0.29, 0.717) is 0 Å². The molecule has 1 atom stereocenters. The summed E-state index contributed by atoms with van der Waals surface area (Å²) >= 11 is 0. The fourth-order valence-electron chi connectivity index (χ4n) is 2.50. The van der Waals surface area contributed by atoms with Crippen LogP contribution in [0.5, 0.6) is 5.75 Å². The molecule has 4 nitrogen and oxygen atoms in total. The molecule has 102 valence electrons. The van der Waals surface area contributed by atoms with E-state index in [2.05, 4.69) is 18.4 Å². The molecule has 0 aliphatic carbocycles. The molecule has 3 N–H and O–H groups in total. The molecule has 1 aromatic carbocycles. The van der Waals surface area contributed by atoms with Gasteiger partial charge < -0.3 is 9.15 Å². The molecule has 0 radical (unpaired) electrons. The van der Waals surface area contributed by atoms with Gasteiger partial charge in [0.1, 0.15) is 11.5 Å². The molecule has 19 heavy (non-hydrogen) atoms. The molecule has 0 fully saturated rings. The molecule has 0 aliphatic rings. The maximum atomic E-state index is 5.75. The molecule has 4 heteroatoms. The summed E-state index contributed by atoms with van der Waals surface area (Å²) in [5.41, 5.74) is 7.22. The van der Waals surface area contributed by atoms with Gasteiger partial charge in [-0.25, -0.2) is 5.43 Å². The van der Waals surface area contributed by atoms with Crippen molar-refractivity contribution in [2.24, 2.45) is 5.84 Å². The molecule has 0 bridgehead atoms. The number of furan rings is 1. The highest BCUT2D eigenvalue weighted by molar-refractivity contribution is 5.48. The number of ether oxygens (including phenoxy) is 1. The number of nitrogens with one attached hydrogen (secondary N) is 1. The first kappa shape index (κ1) is 13.6. The normalized spacial score (nSPS) is 12.5. The Bertz CT molecular complexity index is 576. The van der Waals surface area contributed by atoms with Crippen LogP contribution in [0.4, 0.5) is 0 Å². The monoisotopic (exact) mass is 260 g/mol. The van der Waals surface area contributed by atoms with Crippen molar-refractivity contribution in [1.82, 2.24) is 5.43 Å². The minimum absolute atomic E-state index is 0.144. The molecule has 1 heterocycles. The minimum Gasteiger partial charge on any atom is -0.496 e. The highest BCUT2D eigenvalue weighted by Crippen LogP contribution is 2.34. The molecular weight excluding hydrogens is 240 g/mol. The topological polar surface area (TPSA) is 60.4 Å². The van der Waals surface area contributed by atoms with Crippen molar-refractivity contribution in [3.63, 3.8) is 0 Å². The van der Waals surface area contributed by atoms with Crippen molar-refractivity contribution in [1.29, 1.82) is 0 Å². The van der Waals surface area contributed by atoms with Crippen LogP contribution in [0, 0.1) is 20.8 Å². The molecule has 0 amide bonds. The third-order valence-electron chi connectivity index (χ3n) is 3.38. The largest absolute Gasteiger partial charge is 0.496 e. The van der Waals surface area contributed by atoms with Gasteiger partial charge in [-0.2, -0.15) is 0 Å². The number of nitrogens with two attached hydrogens (primary N) is 1. The Labute approximate surface area is 113 Å². The fourth-order valence-corrected chi connectivity index (χ4v) is 2.50. The zero-order valence-corrected chi connectivity index (χ0v) is 11.8. The van der Waals surface area contributed by atoms with Gasteiger partial charge in [-0.1, -0.05) is 6.07 Å². The van der Waals surface area contributed by atoms with E-state index >= 15 is 0 Å². The minimum atomic E-state index is -0.144. The number of benzene rings is 1.